The Hall–Kier alpha value is -3.73. The van der Waals surface area contributed by atoms with Gasteiger partial charge < -0.3 is 5.32 Å². The van der Waals surface area contributed by atoms with Gasteiger partial charge in [-0.1, -0.05) is 60.7 Å². The van der Waals surface area contributed by atoms with Gasteiger partial charge in [-0.2, -0.15) is 0 Å². The molecule has 2 aliphatic rings. The zero-order valence-electron chi connectivity index (χ0n) is 19.3. The zero-order chi connectivity index (χ0) is 23.7. The number of benzene rings is 3. The maximum atomic E-state index is 13.6. The lowest BCUT2D eigenvalue weighted by Gasteiger charge is -2.27. The molecular weight excluding hydrogens is 424 g/mol. The van der Waals surface area contributed by atoms with Crippen LogP contribution in [0.3, 0.4) is 0 Å². The van der Waals surface area contributed by atoms with Crippen molar-refractivity contribution in [3.8, 4) is 0 Å². The Balaban J connectivity index is 1.42. The predicted octanol–water partition coefficient (Wildman–Crippen LogP) is 4.65. The largest absolute Gasteiger partial charge is 0.348 e. The van der Waals surface area contributed by atoms with Crippen LogP contribution in [0.15, 0.2) is 72.8 Å². The highest BCUT2D eigenvalue weighted by Gasteiger charge is 2.42. The maximum absolute atomic E-state index is 13.6. The Labute approximate surface area is 199 Å². The average Bonchev–Trinajstić information content (AvgIpc) is 3.12. The molecule has 0 saturated heterocycles. The van der Waals surface area contributed by atoms with Gasteiger partial charge in [0.05, 0.1) is 17.2 Å². The quantitative estimate of drug-likeness (QED) is 0.554. The Morgan fingerprint density at radius 3 is 2.15 bits per heavy atom. The van der Waals surface area contributed by atoms with Crippen molar-refractivity contribution in [3.05, 3.63) is 106 Å². The molecule has 172 valence electrons. The number of imide groups is 1. The van der Waals surface area contributed by atoms with Gasteiger partial charge in [-0.15, -0.1) is 0 Å². The summed E-state index contributed by atoms with van der Waals surface area (Å²) in [5.74, 6) is -1.17. The molecule has 0 bridgehead atoms. The number of fused-ring (bicyclic) bond motifs is 2. The minimum Gasteiger partial charge on any atom is -0.348 e. The highest BCUT2D eigenvalue weighted by molar-refractivity contribution is 6.22. The summed E-state index contributed by atoms with van der Waals surface area (Å²) >= 11 is 0. The van der Waals surface area contributed by atoms with E-state index in [2.05, 4.69) is 23.5 Å². The van der Waals surface area contributed by atoms with Crippen LogP contribution < -0.4 is 5.32 Å². The van der Waals surface area contributed by atoms with Gasteiger partial charge in [-0.25, -0.2) is 0 Å². The normalized spacial score (nSPS) is 16.6. The minimum atomic E-state index is -0.935. The van der Waals surface area contributed by atoms with Gasteiger partial charge in [0.15, 0.2) is 0 Å². The van der Waals surface area contributed by atoms with E-state index in [1.54, 1.807) is 24.3 Å². The minimum absolute atomic E-state index is 0.242. The number of nitrogens with zero attached hydrogens (tertiary/aromatic N) is 1. The smallest absolute Gasteiger partial charge is 0.262 e. The zero-order valence-corrected chi connectivity index (χ0v) is 19.3. The van der Waals surface area contributed by atoms with Gasteiger partial charge in [0.25, 0.3) is 11.8 Å². The second-order valence-electron chi connectivity index (χ2n) is 9.20. The van der Waals surface area contributed by atoms with E-state index < -0.39 is 17.9 Å². The Bertz CT molecular complexity index is 1220. The van der Waals surface area contributed by atoms with Crippen LogP contribution in [-0.4, -0.2) is 28.7 Å². The van der Waals surface area contributed by atoms with E-state index in [-0.39, 0.29) is 18.4 Å². The molecule has 5 rings (SSSR count). The molecule has 5 nitrogen and oxygen atoms in total. The molecular formula is C29H28N2O3. The highest BCUT2D eigenvalue weighted by atomic mass is 16.2. The molecule has 0 radical (unpaired) electrons. The van der Waals surface area contributed by atoms with Crippen molar-refractivity contribution in [1.29, 1.82) is 0 Å². The SMILES string of the molecule is C[C@@H](NC(=O)[C@@H](Cc1ccccc1)N1C(=O)c2ccccc2C1=O)c1ccc2c(c1)CCCC2. The Morgan fingerprint density at radius 1 is 0.853 bits per heavy atom. The van der Waals surface area contributed by atoms with Gasteiger partial charge in [0.1, 0.15) is 6.04 Å². The van der Waals surface area contributed by atoms with Crippen molar-refractivity contribution < 1.29 is 14.4 Å². The third-order valence-corrected chi connectivity index (χ3v) is 6.94. The molecule has 0 spiro atoms. The van der Waals surface area contributed by atoms with Gasteiger partial charge in [-0.3, -0.25) is 19.3 Å². The Morgan fingerprint density at radius 2 is 1.47 bits per heavy atom. The summed E-state index contributed by atoms with van der Waals surface area (Å²) in [6, 6.07) is 21.5. The van der Waals surface area contributed by atoms with Crippen LogP contribution in [0.25, 0.3) is 0 Å². The maximum Gasteiger partial charge on any atom is 0.262 e. The van der Waals surface area contributed by atoms with Crippen molar-refractivity contribution >= 4 is 17.7 Å². The summed E-state index contributed by atoms with van der Waals surface area (Å²) in [7, 11) is 0. The molecule has 1 heterocycles. The number of rotatable bonds is 6. The first-order valence-electron chi connectivity index (χ1n) is 12.0. The number of hydrogen-bond acceptors (Lipinski definition) is 3. The Kier molecular flexibility index (Phi) is 6.01. The van der Waals surface area contributed by atoms with Crippen LogP contribution in [0, 0.1) is 0 Å². The number of hydrogen-bond donors (Lipinski definition) is 1. The summed E-state index contributed by atoms with van der Waals surface area (Å²) in [4.78, 5) is 41.1. The fourth-order valence-electron chi connectivity index (χ4n) is 5.05. The summed E-state index contributed by atoms with van der Waals surface area (Å²) < 4.78 is 0. The lowest BCUT2D eigenvalue weighted by atomic mass is 9.89. The molecule has 0 aromatic heterocycles. The van der Waals surface area contributed by atoms with E-state index in [0.29, 0.717) is 11.1 Å². The molecule has 0 saturated carbocycles. The van der Waals surface area contributed by atoms with Crippen LogP contribution in [0.2, 0.25) is 0 Å². The molecule has 3 aromatic carbocycles. The summed E-state index contributed by atoms with van der Waals surface area (Å²) in [5, 5.41) is 3.08. The third-order valence-electron chi connectivity index (χ3n) is 6.94. The van der Waals surface area contributed by atoms with E-state index in [1.165, 1.54) is 24.0 Å². The van der Waals surface area contributed by atoms with Crippen molar-refractivity contribution in [2.45, 2.75) is 51.1 Å². The van der Waals surface area contributed by atoms with E-state index in [1.807, 2.05) is 37.3 Å². The standard InChI is InChI=1S/C29H28N2O3/c1-19(22-16-15-21-11-5-6-12-23(21)18-22)30-27(32)26(17-20-9-3-2-4-10-20)31-28(33)24-13-7-8-14-25(24)29(31)34/h2-4,7-10,13-16,18-19,26H,5-6,11-12,17H2,1H3,(H,30,32)/t19-,26-/m1/s1. The van der Waals surface area contributed by atoms with Gasteiger partial charge in [-0.05, 0) is 67.0 Å². The van der Waals surface area contributed by atoms with Crippen LogP contribution in [0.1, 0.15) is 68.8 Å². The van der Waals surface area contributed by atoms with E-state index in [9.17, 15) is 14.4 Å². The lowest BCUT2D eigenvalue weighted by Crippen LogP contribution is -2.51. The lowest BCUT2D eigenvalue weighted by molar-refractivity contribution is -0.125. The molecule has 5 heteroatoms. The average molecular weight is 453 g/mol. The molecule has 1 aliphatic heterocycles. The highest BCUT2D eigenvalue weighted by Crippen LogP contribution is 2.28. The van der Waals surface area contributed by atoms with Crippen LogP contribution in [-0.2, 0) is 24.1 Å². The molecule has 0 unspecified atom stereocenters. The second kappa shape index (κ2) is 9.26. The molecule has 0 fully saturated rings. The third kappa shape index (κ3) is 4.14. The fraction of sp³-hybridized carbons (Fsp3) is 0.276. The fourth-order valence-corrected chi connectivity index (χ4v) is 5.05. The van der Waals surface area contributed by atoms with Crippen LogP contribution in [0.5, 0.6) is 0 Å². The first kappa shape index (κ1) is 22.1. The first-order chi connectivity index (χ1) is 16.5. The number of carbonyl (C=O) groups is 3. The van der Waals surface area contributed by atoms with Crippen molar-refractivity contribution in [3.63, 3.8) is 0 Å². The summed E-state index contributed by atoms with van der Waals surface area (Å²) in [5.41, 5.74) is 5.37. The van der Waals surface area contributed by atoms with E-state index in [4.69, 9.17) is 0 Å². The molecule has 1 N–H and O–H groups in total. The van der Waals surface area contributed by atoms with Crippen molar-refractivity contribution in [1.82, 2.24) is 10.2 Å². The van der Waals surface area contributed by atoms with Crippen molar-refractivity contribution in [2.75, 3.05) is 0 Å². The van der Waals surface area contributed by atoms with Crippen LogP contribution in [0.4, 0.5) is 0 Å². The number of amides is 3. The van der Waals surface area contributed by atoms with Crippen molar-refractivity contribution in [2.24, 2.45) is 0 Å². The summed E-state index contributed by atoms with van der Waals surface area (Å²) in [6.45, 7) is 1.95. The van der Waals surface area contributed by atoms with Crippen LogP contribution >= 0.6 is 0 Å². The van der Waals surface area contributed by atoms with Gasteiger partial charge >= 0.3 is 0 Å². The second-order valence-corrected chi connectivity index (χ2v) is 9.20. The van der Waals surface area contributed by atoms with Gasteiger partial charge in [0.2, 0.25) is 5.91 Å². The molecule has 3 aromatic rings. The monoisotopic (exact) mass is 452 g/mol. The number of nitrogens with one attached hydrogen (secondary N) is 1. The molecule has 1 aliphatic carbocycles. The topological polar surface area (TPSA) is 66.5 Å². The van der Waals surface area contributed by atoms with E-state index in [0.717, 1.165) is 28.9 Å². The number of carbonyl (C=O) groups excluding carboxylic acids is 3. The summed E-state index contributed by atoms with van der Waals surface area (Å²) in [6.07, 6.45) is 4.84. The predicted molar refractivity (Wildman–Crippen MR) is 131 cm³/mol. The molecule has 3 amide bonds. The van der Waals surface area contributed by atoms with Gasteiger partial charge in [0, 0.05) is 6.42 Å². The van der Waals surface area contributed by atoms with E-state index >= 15 is 0 Å². The first-order valence-corrected chi connectivity index (χ1v) is 12.0. The molecule has 2 atom stereocenters. The molecule has 34 heavy (non-hydrogen) atoms. The number of aryl methyl sites for hydroxylation is 2.